The zero-order valence-corrected chi connectivity index (χ0v) is 9.62. The Morgan fingerprint density at radius 3 is 3.07 bits per heavy atom. The number of hydrogen-bond donors (Lipinski definition) is 1. The van der Waals surface area contributed by atoms with E-state index in [2.05, 4.69) is 31.2 Å². The van der Waals surface area contributed by atoms with E-state index in [0.29, 0.717) is 13.2 Å². The Labute approximate surface area is 95.2 Å². The van der Waals surface area contributed by atoms with Gasteiger partial charge in [-0.05, 0) is 15.9 Å². The molecule has 1 N–H and O–H groups in total. The molecule has 14 heavy (non-hydrogen) atoms. The summed E-state index contributed by atoms with van der Waals surface area (Å²) in [6.45, 7) is 1.20. The van der Waals surface area contributed by atoms with Crippen LogP contribution in [0.1, 0.15) is 0 Å². The molecule has 0 bridgehead atoms. The van der Waals surface area contributed by atoms with Crippen LogP contribution in [0.3, 0.4) is 0 Å². The average Bonchev–Trinajstić information content (AvgIpc) is 2.56. The van der Waals surface area contributed by atoms with Gasteiger partial charge < -0.3 is 10.1 Å². The number of alkyl halides is 1. The monoisotopic (exact) mass is 277 g/mol. The summed E-state index contributed by atoms with van der Waals surface area (Å²) in [5.74, 6) is 0.751. The second-order valence-corrected chi connectivity index (χ2v) is 4.44. The van der Waals surface area contributed by atoms with Gasteiger partial charge in [0.1, 0.15) is 12.1 Å². The first-order chi connectivity index (χ1) is 6.77. The molecule has 1 aromatic heterocycles. The third-order valence-corrected chi connectivity index (χ3v) is 3.01. The lowest BCUT2D eigenvalue weighted by atomic mass is 10.2. The number of aromatic nitrogens is 2. The highest BCUT2D eigenvalue weighted by atomic mass is 79.9. The molecular weight excluding hydrogens is 269 g/mol. The van der Waals surface area contributed by atoms with E-state index in [-0.39, 0.29) is 11.4 Å². The van der Waals surface area contributed by atoms with Gasteiger partial charge in [0.2, 0.25) is 0 Å². The van der Waals surface area contributed by atoms with Gasteiger partial charge in [-0.1, -0.05) is 0 Å². The van der Waals surface area contributed by atoms with Crippen LogP contribution in [0.15, 0.2) is 17.0 Å². The van der Waals surface area contributed by atoms with Gasteiger partial charge in [-0.3, -0.25) is 0 Å². The van der Waals surface area contributed by atoms with Gasteiger partial charge >= 0.3 is 0 Å². The first-order valence-electron chi connectivity index (χ1n) is 4.21. The first-order valence-corrected chi connectivity index (χ1v) is 5.44. The second-order valence-electron chi connectivity index (χ2n) is 3.02. The Hall–Kier alpha value is -0.390. The second kappa shape index (κ2) is 4.42. The minimum atomic E-state index is -0.00290. The van der Waals surface area contributed by atoms with E-state index in [0.717, 1.165) is 10.3 Å². The van der Waals surface area contributed by atoms with Gasteiger partial charge in [-0.25, -0.2) is 9.97 Å². The number of hydrogen-bond acceptors (Lipinski definition) is 4. The highest BCUT2D eigenvalue weighted by molar-refractivity contribution is 9.10. The summed E-state index contributed by atoms with van der Waals surface area (Å²) in [6.07, 6.45) is 3.18. The van der Waals surface area contributed by atoms with Crippen molar-refractivity contribution in [2.75, 3.05) is 18.5 Å². The first kappa shape index (κ1) is 10.1. The standard InChI is InChI=1S/C8H9BrClN3O/c9-5-1-11-4-12-8(5)13-7-3-14-2-6(7)10/h1,4,6-7H,2-3H2,(H,11,12,13). The molecule has 76 valence electrons. The van der Waals surface area contributed by atoms with Crippen LogP contribution in [-0.2, 0) is 4.74 Å². The Morgan fingerprint density at radius 1 is 1.57 bits per heavy atom. The lowest BCUT2D eigenvalue weighted by molar-refractivity contribution is 0.196. The molecular formula is C8H9BrClN3O. The Bertz CT molecular complexity index is 325. The van der Waals surface area contributed by atoms with Crippen molar-refractivity contribution in [3.63, 3.8) is 0 Å². The van der Waals surface area contributed by atoms with Crippen molar-refractivity contribution in [3.05, 3.63) is 17.0 Å². The van der Waals surface area contributed by atoms with Crippen molar-refractivity contribution >= 4 is 33.3 Å². The van der Waals surface area contributed by atoms with Gasteiger partial charge in [-0.2, -0.15) is 0 Å². The number of nitrogens with zero attached hydrogens (tertiary/aromatic N) is 2. The number of ether oxygens (including phenoxy) is 1. The van der Waals surface area contributed by atoms with E-state index in [1.165, 1.54) is 6.33 Å². The molecule has 1 aliphatic heterocycles. The minimum absolute atomic E-state index is 0.00290. The molecule has 1 aromatic rings. The summed E-state index contributed by atoms with van der Waals surface area (Å²) in [4.78, 5) is 7.97. The van der Waals surface area contributed by atoms with Gasteiger partial charge in [0.05, 0.1) is 29.1 Å². The molecule has 1 saturated heterocycles. The molecule has 2 atom stereocenters. The molecule has 1 aliphatic rings. The topological polar surface area (TPSA) is 47.0 Å². The molecule has 1 fully saturated rings. The van der Waals surface area contributed by atoms with Gasteiger partial charge in [0, 0.05) is 6.20 Å². The predicted octanol–water partition coefficient (Wildman–Crippen LogP) is 1.66. The van der Waals surface area contributed by atoms with E-state index in [4.69, 9.17) is 16.3 Å². The molecule has 2 unspecified atom stereocenters. The number of rotatable bonds is 2. The minimum Gasteiger partial charge on any atom is -0.378 e. The molecule has 0 saturated carbocycles. The van der Waals surface area contributed by atoms with E-state index >= 15 is 0 Å². The highest BCUT2D eigenvalue weighted by Crippen LogP contribution is 2.22. The molecule has 0 aliphatic carbocycles. The van der Waals surface area contributed by atoms with Crippen molar-refractivity contribution in [3.8, 4) is 0 Å². The quantitative estimate of drug-likeness (QED) is 0.836. The third-order valence-electron chi connectivity index (χ3n) is 2.00. The molecule has 0 aromatic carbocycles. The summed E-state index contributed by atoms with van der Waals surface area (Å²) in [5, 5.41) is 3.20. The summed E-state index contributed by atoms with van der Waals surface area (Å²) in [6, 6.07) is 0.114. The van der Waals surface area contributed by atoms with Crippen LogP contribution in [0.4, 0.5) is 5.82 Å². The molecule has 2 heterocycles. The van der Waals surface area contributed by atoms with E-state index in [9.17, 15) is 0 Å². The van der Waals surface area contributed by atoms with Crippen molar-refractivity contribution < 1.29 is 4.74 Å². The van der Waals surface area contributed by atoms with Crippen LogP contribution >= 0.6 is 27.5 Å². The largest absolute Gasteiger partial charge is 0.378 e. The van der Waals surface area contributed by atoms with E-state index in [1.807, 2.05) is 0 Å². The molecule has 0 radical (unpaired) electrons. The lowest BCUT2D eigenvalue weighted by Crippen LogP contribution is -2.28. The maximum Gasteiger partial charge on any atom is 0.144 e. The normalized spacial score (nSPS) is 26.4. The summed E-state index contributed by atoms with van der Waals surface area (Å²) >= 11 is 9.39. The zero-order chi connectivity index (χ0) is 9.97. The van der Waals surface area contributed by atoms with Crippen LogP contribution in [0.25, 0.3) is 0 Å². The van der Waals surface area contributed by atoms with Crippen LogP contribution in [0.5, 0.6) is 0 Å². The Balaban J connectivity index is 2.07. The van der Waals surface area contributed by atoms with Crippen molar-refractivity contribution in [1.82, 2.24) is 9.97 Å². The fraction of sp³-hybridized carbons (Fsp3) is 0.500. The fourth-order valence-corrected chi connectivity index (χ4v) is 1.81. The van der Waals surface area contributed by atoms with Crippen LogP contribution < -0.4 is 5.32 Å². The van der Waals surface area contributed by atoms with Gasteiger partial charge in [0.15, 0.2) is 0 Å². The maximum absolute atomic E-state index is 6.03. The summed E-state index contributed by atoms with van der Waals surface area (Å²) in [5.41, 5.74) is 0. The number of halogens is 2. The average molecular weight is 279 g/mol. The van der Waals surface area contributed by atoms with Crippen molar-refractivity contribution in [2.24, 2.45) is 0 Å². The van der Waals surface area contributed by atoms with E-state index in [1.54, 1.807) is 6.20 Å². The van der Waals surface area contributed by atoms with E-state index < -0.39 is 0 Å². The summed E-state index contributed by atoms with van der Waals surface area (Å²) in [7, 11) is 0. The van der Waals surface area contributed by atoms with Crippen LogP contribution in [0, 0.1) is 0 Å². The van der Waals surface area contributed by atoms with Crippen molar-refractivity contribution in [2.45, 2.75) is 11.4 Å². The SMILES string of the molecule is ClC1COCC1Nc1ncncc1Br. The van der Waals surface area contributed by atoms with Crippen LogP contribution in [0.2, 0.25) is 0 Å². The summed E-state index contributed by atoms with van der Waals surface area (Å²) < 4.78 is 6.06. The Morgan fingerprint density at radius 2 is 2.43 bits per heavy atom. The molecule has 0 spiro atoms. The molecule has 2 rings (SSSR count). The molecule has 4 nitrogen and oxygen atoms in total. The highest BCUT2D eigenvalue weighted by Gasteiger charge is 2.26. The lowest BCUT2D eigenvalue weighted by Gasteiger charge is -2.14. The molecule has 0 amide bonds. The maximum atomic E-state index is 6.03. The Kier molecular flexibility index (Phi) is 3.20. The van der Waals surface area contributed by atoms with Gasteiger partial charge in [-0.15, -0.1) is 11.6 Å². The third kappa shape index (κ3) is 2.16. The van der Waals surface area contributed by atoms with Crippen molar-refractivity contribution in [1.29, 1.82) is 0 Å². The molecule has 6 heteroatoms. The zero-order valence-electron chi connectivity index (χ0n) is 7.28. The smallest absolute Gasteiger partial charge is 0.144 e. The fourth-order valence-electron chi connectivity index (χ4n) is 1.25. The predicted molar refractivity (Wildman–Crippen MR) is 57.6 cm³/mol. The van der Waals surface area contributed by atoms with Gasteiger partial charge in [0.25, 0.3) is 0 Å². The number of nitrogens with one attached hydrogen (secondary N) is 1. The van der Waals surface area contributed by atoms with Crippen LogP contribution in [-0.4, -0.2) is 34.6 Å². The number of anilines is 1.